The van der Waals surface area contributed by atoms with Gasteiger partial charge in [0.25, 0.3) is 5.91 Å². The Hall–Kier alpha value is -1.12. The number of nitrogens with one attached hydrogen (secondary N) is 2. The number of carbonyl (C=O) groups is 1. The lowest BCUT2D eigenvalue weighted by Crippen LogP contribution is -2.66. The van der Waals surface area contributed by atoms with Gasteiger partial charge in [-0.15, -0.1) is 0 Å². The maximum absolute atomic E-state index is 12.9. The summed E-state index contributed by atoms with van der Waals surface area (Å²) in [5.74, 6) is 0.928. The van der Waals surface area contributed by atoms with Crippen molar-refractivity contribution in [3.63, 3.8) is 0 Å². The molecule has 4 aliphatic rings. The molecular formula is C19H29ClN4O3S. The van der Waals surface area contributed by atoms with Crippen LogP contribution < -0.4 is 10.0 Å². The van der Waals surface area contributed by atoms with E-state index in [1.54, 1.807) is 4.68 Å². The van der Waals surface area contributed by atoms with E-state index in [1.165, 1.54) is 12.5 Å². The number of sulfonamides is 1. The smallest absolute Gasteiger partial charge is 0.256 e. The van der Waals surface area contributed by atoms with Crippen molar-refractivity contribution < 1.29 is 13.2 Å². The Bertz CT molecular complexity index is 889. The molecule has 0 spiro atoms. The standard InChI is InChI=1S/C19H29ClN4O3S/c1-18(2,3)24-16(20)14(10-21-24)17(25)22-15-12-5-11-6-13(15)9-19(7-11,8-12)23-28(4,26)27/h10-13,15,23H,5-9H2,1-4H3,(H,22,25)/t11?,12-,13-,15?,19?/m0/s1. The molecule has 4 aliphatic carbocycles. The Balaban J connectivity index is 1.52. The lowest BCUT2D eigenvalue weighted by atomic mass is 9.51. The average molecular weight is 429 g/mol. The number of hydrogen-bond donors (Lipinski definition) is 2. The first-order chi connectivity index (χ1) is 12.9. The number of amides is 1. The molecule has 5 rings (SSSR count). The molecule has 0 radical (unpaired) electrons. The first kappa shape index (κ1) is 20.2. The van der Waals surface area contributed by atoms with Gasteiger partial charge in [-0.05, 0) is 70.6 Å². The molecule has 28 heavy (non-hydrogen) atoms. The van der Waals surface area contributed by atoms with Crippen molar-refractivity contribution in [2.75, 3.05) is 6.26 Å². The summed E-state index contributed by atoms with van der Waals surface area (Å²) >= 11 is 6.43. The van der Waals surface area contributed by atoms with Crippen LogP contribution in [0.25, 0.3) is 0 Å². The Labute approximate surface area is 171 Å². The summed E-state index contributed by atoms with van der Waals surface area (Å²) in [6.07, 6.45) is 7.34. The second-order valence-corrected chi connectivity index (χ2v) is 12.2. The van der Waals surface area contributed by atoms with Gasteiger partial charge in [-0.2, -0.15) is 5.10 Å². The zero-order valence-electron chi connectivity index (χ0n) is 16.8. The minimum Gasteiger partial charge on any atom is -0.349 e. The topological polar surface area (TPSA) is 93.1 Å². The molecule has 7 nitrogen and oxygen atoms in total. The monoisotopic (exact) mass is 428 g/mol. The van der Waals surface area contributed by atoms with Crippen LogP contribution in [0.5, 0.6) is 0 Å². The average Bonchev–Trinajstić information content (AvgIpc) is 2.89. The molecule has 0 aromatic carbocycles. The van der Waals surface area contributed by atoms with Crippen molar-refractivity contribution in [2.45, 2.75) is 70.0 Å². The van der Waals surface area contributed by atoms with E-state index in [4.69, 9.17) is 11.6 Å². The number of hydrogen-bond acceptors (Lipinski definition) is 4. The predicted molar refractivity (Wildman–Crippen MR) is 108 cm³/mol. The van der Waals surface area contributed by atoms with Crippen molar-refractivity contribution >= 4 is 27.5 Å². The minimum absolute atomic E-state index is 0.0626. The van der Waals surface area contributed by atoms with Crippen molar-refractivity contribution in [1.29, 1.82) is 0 Å². The second kappa shape index (κ2) is 6.44. The third-order valence-corrected chi connectivity index (χ3v) is 7.73. The van der Waals surface area contributed by atoms with Crippen LogP contribution in [0.1, 0.15) is 63.2 Å². The fraction of sp³-hybridized carbons (Fsp3) is 0.789. The molecule has 0 saturated heterocycles. The number of halogens is 1. The molecule has 1 amide bonds. The Morgan fingerprint density at radius 2 is 1.86 bits per heavy atom. The number of aromatic nitrogens is 2. The van der Waals surface area contributed by atoms with Gasteiger partial charge in [-0.3, -0.25) is 4.79 Å². The molecule has 4 saturated carbocycles. The molecule has 9 heteroatoms. The van der Waals surface area contributed by atoms with E-state index in [1.807, 2.05) is 20.8 Å². The molecule has 2 N–H and O–H groups in total. The lowest BCUT2D eigenvalue weighted by molar-refractivity contribution is -0.0347. The minimum atomic E-state index is -3.25. The number of rotatable bonds is 4. The fourth-order valence-corrected chi connectivity index (χ4v) is 7.43. The number of carbonyl (C=O) groups excluding carboxylic acids is 1. The second-order valence-electron chi connectivity index (χ2n) is 10.1. The SMILES string of the molecule is CC(C)(C)n1ncc(C(=O)NC2[C@H]3CC4C[C@H]2CC(NS(C)(=O)=O)(C4)C3)c1Cl. The molecule has 1 heterocycles. The van der Waals surface area contributed by atoms with Crippen LogP contribution >= 0.6 is 11.6 Å². The van der Waals surface area contributed by atoms with E-state index in [0.717, 1.165) is 32.1 Å². The van der Waals surface area contributed by atoms with E-state index < -0.39 is 10.0 Å². The van der Waals surface area contributed by atoms with Crippen LogP contribution in [0.4, 0.5) is 0 Å². The summed E-state index contributed by atoms with van der Waals surface area (Å²) in [7, 11) is -3.25. The highest BCUT2D eigenvalue weighted by Gasteiger charge is 2.56. The molecule has 1 aromatic rings. The third kappa shape index (κ3) is 3.59. The summed E-state index contributed by atoms with van der Waals surface area (Å²) in [4.78, 5) is 12.9. The Kier molecular flexibility index (Phi) is 4.64. The van der Waals surface area contributed by atoms with Gasteiger partial charge < -0.3 is 5.32 Å². The van der Waals surface area contributed by atoms with Gasteiger partial charge in [-0.1, -0.05) is 11.6 Å². The van der Waals surface area contributed by atoms with Crippen LogP contribution in [0.3, 0.4) is 0 Å². The summed E-state index contributed by atoms with van der Waals surface area (Å²) in [5.41, 5.74) is -0.239. The van der Waals surface area contributed by atoms with Gasteiger partial charge >= 0.3 is 0 Å². The highest BCUT2D eigenvalue weighted by Crippen LogP contribution is 2.56. The zero-order valence-corrected chi connectivity index (χ0v) is 18.4. The largest absolute Gasteiger partial charge is 0.349 e. The van der Waals surface area contributed by atoms with Gasteiger partial charge in [0, 0.05) is 11.6 Å². The molecular weight excluding hydrogens is 400 g/mol. The Morgan fingerprint density at radius 3 is 2.36 bits per heavy atom. The summed E-state index contributed by atoms with van der Waals surface area (Å²) in [5, 5.41) is 7.85. The predicted octanol–water partition coefficient (Wildman–Crippen LogP) is 2.52. The first-order valence-corrected chi connectivity index (χ1v) is 12.2. The van der Waals surface area contributed by atoms with Crippen LogP contribution in [-0.4, -0.2) is 41.9 Å². The van der Waals surface area contributed by atoms with Gasteiger partial charge in [-0.25, -0.2) is 17.8 Å². The molecule has 0 unspecified atom stereocenters. The number of nitrogens with zero attached hydrogens (tertiary/aromatic N) is 2. The molecule has 4 bridgehead atoms. The first-order valence-electron chi connectivity index (χ1n) is 9.91. The third-order valence-electron chi connectivity index (χ3n) is 6.56. The van der Waals surface area contributed by atoms with Crippen molar-refractivity contribution in [1.82, 2.24) is 19.8 Å². The van der Waals surface area contributed by atoms with Gasteiger partial charge in [0.1, 0.15) is 5.15 Å². The van der Waals surface area contributed by atoms with E-state index in [-0.39, 0.29) is 23.0 Å². The van der Waals surface area contributed by atoms with Crippen molar-refractivity contribution in [3.8, 4) is 0 Å². The zero-order chi connectivity index (χ0) is 20.5. The van der Waals surface area contributed by atoms with Gasteiger partial charge in [0.2, 0.25) is 10.0 Å². The van der Waals surface area contributed by atoms with Crippen molar-refractivity contribution in [2.24, 2.45) is 17.8 Å². The summed E-state index contributed by atoms with van der Waals surface area (Å²) < 4.78 is 28.3. The van der Waals surface area contributed by atoms with E-state index in [9.17, 15) is 13.2 Å². The fourth-order valence-electron chi connectivity index (χ4n) is 5.96. The highest BCUT2D eigenvalue weighted by molar-refractivity contribution is 7.88. The normalized spacial score (nSPS) is 34.6. The summed E-state index contributed by atoms with van der Waals surface area (Å²) in [6, 6.07) is 0.0626. The quantitative estimate of drug-likeness (QED) is 0.770. The molecule has 1 aromatic heterocycles. The van der Waals surface area contributed by atoms with Crippen LogP contribution in [0.15, 0.2) is 6.20 Å². The van der Waals surface area contributed by atoms with Gasteiger partial charge in [0.15, 0.2) is 0 Å². The van der Waals surface area contributed by atoms with Crippen molar-refractivity contribution in [3.05, 3.63) is 16.9 Å². The van der Waals surface area contributed by atoms with E-state index in [2.05, 4.69) is 15.1 Å². The van der Waals surface area contributed by atoms with Crippen LogP contribution in [-0.2, 0) is 15.6 Å². The van der Waals surface area contributed by atoms with E-state index in [0.29, 0.717) is 28.5 Å². The van der Waals surface area contributed by atoms with Gasteiger partial charge in [0.05, 0.1) is 23.6 Å². The molecule has 156 valence electrons. The molecule has 2 atom stereocenters. The maximum atomic E-state index is 12.9. The van der Waals surface area contributed by atoms with E-state index >= 15 is 0 Å². The molecule has 0 aliphatic heterocycles. The summed E-state index contributed by atoms with van der Waals surface area (Å²) in [6.45, 7) is 5.96. The lowest BCUT2D eigenvalue weighted by Gasteiger charge is -2.59. The maximum Gasteiger partial charge on any atom is 0.256 e. The molecule has 4 fully saturated rings. The van der Waals surface area contributed by atoms with Crippen LogP contribution in [0, 0.1) is 17.8 Å². The Morgan fingerprint density at radius 1 is 1.25 bits per heavy atom. The van der Waals surface area contributed by atoms with Crippen LogP contribution in [0.2, 0.25) is 5.15 Å². The highest BCUT2D eigenvalue weighted by atomic mass is 35.5.